The number of aldehydes is 1. The average Bonchev–Trinajstić information content (AvgIpc) is 2.95. The number of esters is 1. The molecular formula is C29H26N2O7S. The molecule has 0 radical (unpaired) electrons. The summed E-state index contributed by atoms with van der Waals surface area (Å²) in [6, 6.07) is 22.9. The number of amides is 2. The molecule has 10 heteroatoms. The monoisotopic (exact) mass is 546 g/mol. The van der Waals surface area contributed by atoms with Gasteiger partial charge in [0.1, 0.15) is 18.0 Å². The van der Waals surface area contributed by atoms with Gasteiger partial charge in [-0.2, -0.15) is 0 Å². The van der Waals surface area contributed by atoms with Crippen molar-refractivity contribution in [2.45, 2.75) is 31.4 Å². The van der Waals surface area contributed by atoms with Crippen LogP contribution >= 0.6 is 0 Å². The Kier molecular flexibility index (Phi) is 8.48. The van der Waals surface area contributed by atoms with E-state index in [9.17, 15) is 27.9 Å². The number of carbonyl (C=O) groups excluding carboxylic acids is 4. The molecule has 200 valence electrons. The second-order valence-electron chi connectivity index (χ2n) is 8.95. The fourth-order valence-corrected chi connectivity index (χ4v) is 5.03. The minimum absolute atomic E-state index is 0.174. The highest BCUT2D eigenvalue weighted by molar-refractivity contribution is 7.80. The number of nitrogens with zero attached hydrogens (tertiary/aromatic N) is 1. The van der Waals surface area contributed by atoms with Crippen LogP contribution in [0.25, 0.3) is 0 Å². The van der Waals surface area contributed by atoms with Crippen molar-refractivity contribution in [2.24, 2.45) is 0 Å². The van der Waals surface area contributed by atoms with Gasteiger partial charge in [0.25, 0.3) is 11.8 Å². The Morgan fingerprint density at radius 3 is 2.00 bits per heavy atom. The van der Waals surface area contributed by atoms with Gasteiger partial charge in [0, 0.05) is 11.1 Å². The van der Waals surface area contributed by atoms with Crippen molar-refractivity contribution >= 4 is 35.2 Å². The number of β-lactam (4-membered cyclic amide) rings is 1. The van der Waals surface area contributed by atoms with E-state index in [1.54, 1.807) is 84.9 Å². The highest BCUT2D eigenvalue weighted by Crippen LogP contribution is 2.33. The van der Waals surface area contributed by atoms with Gasteiger partial charge in [-0.15, -0.1) is 0 Å². The van der Waals surface area contributed by atoms with E-state index >= 15 is 0 Å². The summed E-state index contributed by atoms with van der Waals surface area (Å²) in [4.78, 5) is 51.9. The molecule has 0 aliphatic carbocycles. The molecule has 1 fully saturated rings. The minimum atomic E-state index is -2.69. The zero-order chi connectivity index (χ0) is 28.1. The van der Waals surface area contributed by atoms with Gasteiger partial charge in [-0.3, -0.25) is 19.3 Å². The lowest BCUT2D eigenvalue weighted by molar-refractivity contribution is -0.153. The molecule has 1 saturated heterocycles. The molecule has 1 heterocycles. The molecule has 39 heavy (non-hydrogen) atoms. The molecular weight excluding hydrogens is 520 g/mol. The molecule has 3 unspecified atom stereocenters. The quantitative estimate of drug-likeness (QED) is 0.138. The predicted molar refractivity (Wildman–Crippen MR) is 143 cm³/mol. The van der Waals surface area contributed by atoms with E-state index in [0.717, 1.165) is 10.5 Å². The molecule has 1 aliphatic rings. The van der Waals surface area contributed by atoms with E-state index < -0.39 is 52.1 Å². The first-order valence-electron chi connectivity index (χ1n) is 12.0. The summed E-state index contributed by atoms with van der Waals surface area (Å²) in [6.45, 7) is 3.15. The minimum Gasteiger partial charge on any atom is -0.448 e. The van der Waals surface area contributed by atoms with Crippen molar-refractivity contribution in [1.82, 2.24) is 10.2 Å². The first-order chi connectivity index (χ1) is 18.7. The van der Waals surface area contributed by atoms with Crippen molar-refractivity contribution in [1.29, 1.82) is 0 Å². The molecule has 2 amide bonds. The van der Waals surface area contributed by atoms with Gasteiger partial charge in [0.05, 0.1) is 0 Å². The van der Waals surface area contributed by atoms with Gasteiger partial charge in [0.2, 0.25) is 0 Å². The van der Waals surface area contributed by atoms with Crippen molar-refractivity contribution in [3.8, 4) is 0 Å². The van der Waals surface area contributed by atoms with Crippen molar-refractivity contribution in [3.05, 3.63) is 118 Å². The van der Waals surface area contributed by atoms with Crippen LogP contribution in [0.5, 0.6) is 0 Å². The van der Waals surface area contributed by atoms with E-state index in [1.165, 1.54) is 6.92 Å². The summed E-state index contributed by atoms with van der Waals surface area (Å²) >= 11 is -2.69. The van der Waals surface area contributed by atoms with E-state index in [4.69, 9.17) is 4.74 Å². The normalized spacial score (nSPS) is 18.1. The van der Waals surface area contributed by atoms with E-state index in [0.29, 0.717) is 17.4 Å². The molecule has 4 rings (SSSR count). The molecule has 0 saturated carbocycles. The fraction of sp³-hybridized carbons (Fsp3) is 0.172. The molecule has 2 N–H and O–H groups in total. The Bertz CT molecular complexity index is 1400. The van der Waals surface area contributed by atoms with Crippen LogP contribution in [0.2, 0.25) is 0 Å². The third-order valence-electron chi connectivity index (χ3n) is 6.26. The van der Waals surface area contributed by atoms with Gasteiger partial charge in [0.15, 0.2) is 22.6 Å². The van der Waals surface area contributed by atoms with Crippen LogP contribution in [0, 0.1) is 6.92 Å². The Labute approximate surface area is 227 Å². The van der Waals surface area contributed by atoms with Gasteiger partial charge in [-0.05, 0) is 37.1 Å². The first kappa shape index (κ1) is 27.6. The van der Waals surface area contributed by atoms with Crippen LogP contribution in [0.15, 0.2) is 96.2 Å². The van der Waals surface area contributed by atoms with E-state index in [1.807, 2.05) is 6.92 Å². The molecule has 0 bridgehead atoms. The maximum atomic E-state index is 13.5. The van der Waals surface area contributed by atoms with Gasteiger partial charge >= 0.3 is 5.97 Å². The zero-order valence-corrected chi connectivity index (χ0v) is 22.0. The average molecular weight is 547 g/mol. The maximum absolute atomic E-state index is 13.5. The molecule has 0 spiro atoms. The number of ether oxygens (including phenoxy) is 1. The number of benzene rings is 3. The second-order valence-corrected chi connectivity index (χ2v) is 9.98. The Hall–Kier alpha value is -4.41. The lowest BCUT2D eigenvalue weighted by atomic mass is 10.0. The van der Waals surface area contributed by atoms with Crippen LogP contribution in [0.3, 0.4) is 0 Å². The van der Waals surface area contributed by atoms with Gasteiger partial charge < -0.3 is 14.6 Å². The number of nitrogens with one attached hydrogen (secondary N) is 1. The Morgan fingerprint density at radius 1 is 0.974 bits per heavy atom. The molecule has 1 aliphatic heterocycles. The molecule has 3 atom stereocenters. The third-order valence-corrected chi connectivity index (χ3v) is 7.16. The fourth-order valence-electron chi connectivity index (χ4n) is 4.22. The summed E-state index contributed by atoms with van der Waals surface area (Å²) in [5.41, 5.74) is 1.81. The summed E-state index contributed by atoms with van der Waals surface area (Å²) in [6.07, 6.45) is -0.528. The van der Waals surface area contributed by atoms with Gasteiger partial charge in [-0.25, -0.2) is 9.00 Å². The molecule has 9 nitrogen and oxygen atoms in total. The van der Waals surface area contributed by atoms with Crippen LogP contribution in [0.1, 0.15) is 40.1 Å². The summed E-state index contributed by atoms with van der Waals surface area (Å²) in [5.74, 6) is -2.49. The number of carbonyl (C=O) groups is 4. The Morgan fingerprint density at radius 2 is 1.51 bits per heavy atom. The number of hydrogen-bond acceptors (Lipinski definition) is 6. The smallest absolute Gasteiger partial charge is 0.356 e. The maximum Gasteiger partial charge on any atom is 0.356 e. The SMILES string of the molecule is CC(C=O)=C(C(=O)OC(c1ccccc1)c1ccccc1)N1C(=O)C(NC(=O)c2ccc(C)cc2)C1S(=O)O. The molecule has 3 aromatic rings. The lowest BCUT2D eigenvalue weighted by Crippen LogP contribution is -2.72. The second kappa shape index (κ2) is 12.0. The lowest BCUT2D eigenvalue weighted by Gasteiger charge is -2.45. The summed E-state index contributed by atoms with van der Waals surface area (Å²) in [5, 5.41) is 0.943. The number of likely N-dealkylation sites (tertiary alicyclic amines) is 1. The predicted octanol–water partition coefficient (Wildman–Crippen LogP) is 3.29. The van der Waals surface area contributed by atoms with Crippen LogP contribution in [0.4, 0.5) is 0 Å². The molecule has 0 aromatic heterocycles. The van der Waals surface area contributed by atoms with Crippen molar-refractivity contribution in [2.75, 3.05) is 0 Å². The number of rotatable bonds is 9. The van der Waals surface area contributed by atoms with Crippen LogP contribution in [-0.2, 0) is 30.2 Å². The number of allylic oxidation sites excluding steroid dienone is 1. The standard InChI is InChI=1S/C29H26N2O7S/c1-18-13-15-22(16-14-18)26(33)30-23-27(34)31(28(23)39(36)37)24(19(2)17-32)29(35)38-25(20-9-5-3-6-10-20)21-11-7-4-8-12-21/h3-17,23,25,28H,1-2H3,(H,30,33)(H,36,37). The summed E-state index contributed by atoms with van der Waals surface area (Å²) in [7, 11) is 0. The topological polar surface area (TPSA) is 130 Å². The van der Waals surface area contributed by atoms with Gasteiger partial charge in [-0.1, -0.05) is 78.4 Å². The zero-order valence-electron chi connectivity index (χ0n) is 21.1. The van der Waals surface area contributed by atoms with Crippen molar-refractivity contribution < 1.29 is 32.7 Å². The Balaban J connectivity index is 1.63. The van der Waals surface area contributed by atoms with Crippen molar-refractivity contribution in [3.63, 3.8) is 0 Å². The number of aryl methyl sites for hydroxylation is 1. The van der Waals surface area contributed by atoms with Crippen LogP contribution in [-0.4, -0.2) is 49.1 Å². The molecule has 3 aromatic carbocycles. The summed E-state index contributed by atoms with van der Waals surface area (Å²) < 4.78 is 28.2. The van der Waals surface area contributed by atoms with E-state index in [2.05, 4.69) is 5.32 Å². The first-order valence-corrected chi connectivity index (χ1v) is 13.2. The van der Waals surface area contributed by atoms with Crippen LogP contribution < -0.4 is 5.32 Å². The third kappa shape index (κ3) is 5.87. The number of hydrogen-bond donors (Lipinski definition) is 2. The highest BCUT2D eigenvalue weighted by Gasteiger charge is 2.55. The largest absolute Gasteiger partial charge is 0.448 e. The van der Waals surface area contributed by atoms with E-state index in [-0.39, 0.29) is 11.1 Å². The highest BCUT2D eigenvalue weighted by atomic mass is 32.2.